The number of likely N-dealkylation sites (N-methyl/N-ethyl adjacent to an activating group) is 1. The van der Waals surface area contributed by atoms with E-state index in [1.165, 1.54) is 167 Å². The summed E-state index contributed by atoms with van der Waals surface area (Å²) in [4.78, 5) is 35.9. The van der Waals surface area contributed by atoms with E-state index < -0.39 is 26.5 Å². The van der Waals surface area contributed by atoms with Crippen molar-refractivity contribution in [3.05, 3.63) is 122 Å². The molecule has 0 aliphatic heterocycles. The van der Waals surface area contributed by atoms with Gasteiger partial charge in [-0.05, 0) is 103 Å². The van der Waals surface area contributed by atoms with Crippen LogP contribution < -0.4 is 0 Å². The minimum atomic E-state index is -4.40. The molecular formula is C76H133NO8P+. The zero-order chi connectivity index (χ0) is 62.6. The van der Waals surface area contributed by atoms with E-state index in [4.69, 9.17) is 18.5 Å². The van der Waals surface area contributed by atoms with Crippen molar-refractivity contribution < 1.29 is 42.1 Å². The molecule has 0 spiro atoms. The topological polar surface area (TPSA) is 108 Å². The standard InChI is InChI=1S/C76H132NO8P/c1-6-8-10-12-14-16-18-20-22-24-26-28-30-32-34-36-37-38-39-41-43-45-47-49-51-53-55-57-59-61-63-65-67-69-76(79)85-74(73-84-86(80,81)83-71-70-77(3,4)5)72-82-75(78)68-66-64-62-60-58-56-54-52-50-48-46-44-42-40-35-33-31-29-27-25-23-21-19-17-15-13-11-9-7-2/h8-11,14-17,20-23,26-29,32-35,74H,6-7,12-13,18-19,24-25,30-31,36-73H2,1-5H3/p+1/b10-8-,11-9-,16-14-,17-15-,22-20-,23-21-,28-26-,29-27-,34-32-,35-33-. The van der Waals surface area contributed by atoms with Crippen LogP contribution >= 0.6 is 7.82 Å². The largest absolute Gasteiger partial charge is 0.472 e. The molecule has 0 aliphatic rings. The normalized spacial score (nSPS) is 13.9. The van der Waals surface area contributed by atoms with E-state index in [1.807, 2.05) is 21.1 Å². The third kappa shape index (κ3) is 69.5. The van der Waals surface area contributed by atoms with Crippen molar-refractivity contribution >= 4 is 19.8 Å². The SMILES string of the molecule is CC/C=C\C/C=C\C/C=C\C/C=C\C/C=C\CCCCCCCCCCCCCCCCCCCC(=O)OC(COC(=O)CCCCCCCCCCCCCCC/C=C\C/C=C\C/C=C\C/C=C\C/C=C\CC)COP(=O)(O)OCC[N+](C)(C)C. The van der Waals surface area contributed by atoms with E-state index in [2.05, 4.69) is 135 Å². The van der Waals surface area contributed by atoms with Crippen LogP contribution in [0.3, 0.4) is 0 Å². The van der Waals surface area contributed by atoms with Crippen molar-refractivity contribution in [2.45, 2.75) is 302 Å². The maximum absolute atomic E-state index is 12.9. The highest BCUT2D eigenvalue weighted by Gasteiger charge is 2.27. The minimum Gasteiger partial charge on any atom is -0.462 e. The van der Waals surface area contributed by atoms with E-state index >= 15 is 0 Å². The van der Waals surface area contributed by atoms with Gasteiger partial charge in [0.1, 0.15) is 19.8 Å². The van der Waals surface area contributed by atoms with E-state index in [0.717, 1.165) is 96.3 Å². The molecule has 0 heterocycles. The fraction of sp³-hybridized carbons (Fsp3) is 0.711. The molecule has 1 N–H and O–H groups in total. The van der Waals surface area contributed by atoms with Crippen molar-refractivity contribution in [2.24, 2.45) is 0 Å². The number of phosphoric acid groups is 1. The summed E-state index contributed by atoms with van der Waals surface area (Å²) in [5.41, 5.74) is 0. The number of esters is 2. The van der Waals surface area contributed by atoms with Crippen LogP contribution in [0, 0.1) is 0 Å². The first kappa shape index (κ1) is 82.4. The predicted octanol–water partition coefficient (Wildman–Crippen LogP) is 23.0. The first-order chi connectivity index (χ1) is 42.0. The number of rotatable bonds is 64. The van der Waals surface area contributed by atoms with Gasteiger partial charge in [0, 0.05) is 12.8 Å². The number of nitrogens with zero attached hydrogens (tertiary/aromatic N) is 1. The van der Waals surface area contributed by atoms with Gasteiger partial charge in [0.2, 0.25) is 0 Å². The van der Waals surface area contributed by atoms with Gasteiger partial charge in [0.25, 0.3) is 0 Å². The molecule has 0 bridgehead atoms. The number of carbonyl (C=O) groups excluding carboxylic acids is 2. The molecule has 0 fully saturated rings. The highest BCUT2D eigenvalue weighted by molar-refractivity contribution is 7.47. The molecule has 0 aromatic rings. The van der Waals surface area contributed by atoms with Crippen LogP contribution in [0.2, 0.25) is 0 Å². The maximum Gasteiger partial charge on any atom is 0.472 e. The first-order valence-electron chi connectivity index (χ1n) is 35.3. The van der Waals surface area contributed by atoms with Crippen molar-refractivity contribution in [1.82, 2.24) is 0 Å². The Morgan fingerprint density at radius 2 is 0.628 bits per heavy atom. The number of quaternary nitrogens is 1. The van der Waals surface area contributed by atoms with E-state index in [9.17, 15) is 19.0 Å². The molecule has 0 saturated heterocycles. The molecular weight excluding hydrogens is 1090 g/mol. The molecule has 0 amide bonds. The number of phosphoric ester groups is 1. The van der Waals surface area contributed by atoms with Gasteiger partial charge in [0.05, 0.1) is 27.7 Å². The first-order valence-corrected chi connectivity index (χ1v) is 36.8. The summed E-state index contributed by atoms with van der Waals surface area (Å²) in [6.45, 7) is 4.23. The number of unbranched alkanes of at least 4 members (excludes halogenated alkanes) is 30. The van der Waals surface area contributed by atoms with Gasteiger partial charge < -0.3 is 18.9 Å². The fourth-order valence-electron chi connectivity index (χ4n) is 9.66. The van der Waals surface area contributed by atoms with Crippen LogP contribution in [0.25, 0.3) is 0 Å². The highest BCUT2D eigenvalue weighted by Crippen LogP contribution is 2.43. The Morgan fingerprint density at radius 3 is 0.930 bits per heavy atom. The highest BCUT2D eigenvalue weighted by atomic mass is 31.2. The van der Waals surface area contributed by atoms with Crippen LogP contribution in [0.4, 0.5) is 0 Å². The number of carbonyl (C=O) groups is 2. The molecule has 0 radical (unpaired) electrons. The van der Waals surface area contributed by atoms with Gasteiger partial charge in [-0.2, -0.15) is 0 Å². The summed E-state index contributed by atoms with van der Waals surface area (Å²) in [6, 6.07) is 0. The molecule has 0 aromatic heterocycles. The Morgan fingerprint density at radius 1 is 0.360 bits per heavy atom. The third-order valence-electron chi connectivity index (χ3n) is 15.0. The maximum atomic E-state index is 12.9. The van der Waals surface area contributed by atoms with Gasteiger partial charge in [-0.3, -0.25) is 18.6 Å². The average molecular weight is 1220 g/mol. The van der Waals surface area contributed by atoms with Crippen molar-refractivity contribution in [3.63, 3.8) is 0 Å². The lowest BCUT2D eigenvalue weighted by atomic mass is 10.0. The Balaban J connectivity index is 4.04. The molecule has 2 unspecified atom stereocenters. The number of hydrogen-bond acceptors (Lipinski definition) is 7. The molecule has 2 atom stereocenters. The number of hydrogen-bond donors (Lipinski definition) is 1. The van der Waals surface area contributed by atoms with Crippen LogP contribution in [0.15, 0.2) is 122 Å². The van der Waals surface area contributed by atoms with Crippen LogP contribution in [0.5, 0.6) is 0 Å². The Labute approximate surface area is 530 Å². The summed E-state index contributed by atoms with van der Waals surface area (Å²) in [5.74, 6) is -0.794. The lowest BCUT2D eigenvalue weighted by molar-refractivity contribution is -0.870. The molecule has 86 heavy (non-hydrogen) atoms. The predicted molar refractivity (Wildman–Crippen MR) is 371 cm³/mol. The minimum absolute atomic E-state index is 0.0281. The molecule has 0 aliphatic carbocycles. The summed E-state index contributed by atoms with van der Waals surface area (Å²) in [6.07, 6.45) is 94.4. The van der Waals surface area contributed by atoms with E-state index in [0.29, 0.717) is 17.4 Å². The molecule has 0 rings (SSSR count). The zero-order valence-corrected chi connectivity index (χ0v) is 57.2. The monoisotopic (exact) mass is 1220 g/mol. The second-order valence-corrected chi connectivity index (χ2v) is 26.0. The van der Waals surface area contributed by atoms with Gasteiger partial charge in [-0.1, -0.05) is 302 Å². The third-order valence-corrected chi connectivity index (χ3v) is 16.0. The summed E-state index contributed by atoms with van der Waals surface area (Å²) in [5, 5.41) is 0. The van der Waals surface area contributed by atoms with Gasteiger partial charge in [0.15, 0.2) is 6.10 Å². The molecule has 494 valence electrons. The Bertz CT molecular complexity index is 1870. The second-order valence-electron chi connectivity index (χ2n) is 24.5. The quantitative estimate of drug-likeness (QED) is 0.0211. The van der Waals surface area contributed by atoms with Crippen molar-refractivity contribution in [3.8, 4) is 0 Å². The van der Waals surface area contributed by atoms with Gasteiger partial charge >= 0.3 is 19.8 Å². The van der Waals surface area contributed by atoms with Crippen molar-refractivity contribution in [2.75, 3.05) is 47.5 Å². The number of ether oxygens (including phenoxy) is 2. The second kappa shape index (κ2) is 65.8. The lowest BCUT2D eigenvalue weighted by Crippen LogP contribution is -2.37. The summed E-state index contributed by atoms with van der Waals surface area (Å²) in [7, 11) is 1.47. The molecule has 9 nitrogen and oxygen atoms in total. The van der Waals surface area contributed by atoms with Crippen LogP contribution in [0.1, 0.15) is 296 Å². The lowest BCUT2D eigenvalue weighted by Gasteiger charge is -2.24. The molecule has 0 aromatic carbocycles. The summed E-state index contributed by atoms with van der Waals surface area (Å²) >= 11 is 0. The number of allylic oxidation sites excluding steroid dienone is 20. The summed E-state index contributed by atoms with van der Waals surface area (Å²) < 4.78 is 34.7. The Kier molecular flexibility index (Phi) is 63.1. The fourth-order valence-corrected chi connectivity index (χ4v) is 10.4. The van der Waals surface area contributed by atoms with Gasteiger partial charge in [-0.25, -0.2) is 4.57 Å². The van der Waals surface area contributed by atoms with Crippen molar-refractivity contribution in [1.29, 1.82) is 0 Å². The van der Waals surface area contributed by atoms with E-state index in [1.54, 1.807) is 0 Å². The van der Waals surface area contributed by atoms with Crippen LogP contribution in [-0.2, 0) is 32.7 Å². The molecule has 10 heteroatoms. The Hall–Kier alpha value is -3.59. The molecule has 0 saturated carbocycles. The zero-order valence-electron chi connectivity index (χ0n) is 56.3. The van der Waals surface area contributed by atoms with Crippen LogP contribution in [-0.4, -0.2) is 74.9 Å². The van der Waals surface area contributed by atoms with Gasteiger partial charge in [-0.15, -0.1) is 0 Å². The van der Waals surface area contributed by atoms with E-state index in [-0.39, 0.29) is 32.0 Å². The smallest absolute Gasteiger partial charge is 0.462 e. The average Bonchev–Trinajstić information content (AvgIpc) is 3.70.